The van der Waals surface area contributed by atoms with Gasteiger partial charge in [0.1, 0.15) is 0 Å². The van der Waals surface area contributed by atoms with E-state index in [0.717, 1.165) is 28.6 Å². The molecule has 0 aromatic heterocycles. The highest BCUT2D eigenvalue weighted by Crippen LogP contribution is 2.69. The van der Waals surface area contributed by atoms with Crippen LogP contribution in [-0.2, 0) is 0 Å². The van der Waals surface area contributed by atoms with Gasteiger partial charge >= 0.3 is 0 Å². The summed E-state index contributed by atoms with van der Waals surface area (Å²) in [6.07, 6.45) is 12.3. The molecule has 0 radical (unpaired) electrons. The van der Waals surface area contributed by atoms with Crippen LogP contribution >= 0.6 is 0 Å². The highest BCUT2D eigenvalue weighted by Gasteiger charge is 2.58. The van der Waals surface area contributed by atoms with E-state index in [1.807, 2.05) is 0 Å². The Morgan fingerprint density at radius 2 is 1.25 bits per heavy atom. The van der Waals surface area contributed by atoms with Crippen molar-refractivity contribution in [1.29, 1.82) is 0 Å². The molecule has 0 saturated heterocycles. The second-order valence-corrected chi connectivity index (χ2v) is 7.29. The highest BCUT2D eigenvalue weighted by atomic mass is 14.6. The SMILES string of the molecule is CCC1C2CC3(CC)CC1CC(CC)(C2)C3. The summed E-state index contributed by atoms with van der Waals surface area (Å²) in [4.78, 5) is 0. The molecule has 0 aromatic carbocycles. The van der Waals surface area contributed by atoms with E-state index in [-0.39, 0.29) is 0 Å². The molecule has 0 N–H and O–H groups in total. The number of hydrogen-bond donors (Lipinski definition) is 0. The minimum absolute atomic E-state index is 0.785. The minimum atomic E-state index is 0.785. The molecule has 0 aromatic rings. The van der Waals surface area contributed by atoms with Crippen LogP contribution in [0.4, 0.5) is 0 Å². The van der Waals surface area contributed by atoms with Crippen LogP contribution < -0.4 is 0 Å². The molecular formula is C16H28. The normalized spacial score (nSPS) is 54.6. The van der Waals surface area contributed by atoms with E-state index >= 15 is 0 Å². The molecule has 4 fully saturated rings. The van der Waals surface area contributed by atoms with Gasteiger partial charge < -0.3 is 0 Å². The topological polar surface area (TPSA) is 0 Å². The van der Waals surface area contributed by atoms with Crippen LogP contribution in [0.1, 0.15) is 72.1 Å². The van der Waals surface area contributed by atoms with Crippen LogP contribution in [0.15, 0.2) is 0 Å². The summed E-state index contributed by atoms with van der Waals surface area (Å²) in [5.41, 5.74) is 1.57. The van der Waals surface area contributed by atoms with E-state index in [4.69, 9.17) is 0 Å². The van der Waals surface area contributed by atoms with Gasteiger partial charge in [-0.15, -0.1) is 0 Å². The van der Waals surface area contributed by atoms with Crippen molar-refractivity contribution in [2.75, 3.05) is 0 Å². The molecule has 16 heavy (non-hydrogen) atoms. The zero-order valence-corrected chi connectivity index (χ0v) is 11.4. The van der Waals surface area contributed by atoms with Gasteiger partial charge in [0.05, 0.1) is 0 Å². The summed E-state index contributed by atoms with van der Waals surface area (Å²) in [7, 11) is 0. The van der Waals surface area contributed by atoms with Gasteiger partial charge in [0.25, 0.3) is 0 Å². The van der Waals surface area contributed by atoms with Crippen molar-refractivity contribution in [2.24, 2.45) is 28.6 Å². The third-order valence-corrected chi connectivity index (χ3v) is 6.71. The molecule has 4 aliphatic rings. The van der Waals surface area contributed by atoms with Crippen molar-refractivity contribution in [2.45, 2.75) is 72.1 Å². The lowest BCUT2D eigenvalue weighted by molar-refractivity contribution is -0.148. The summed E-state index contributed by atoms with van der Waals surface area (Å²) in [5.74, 6) is 3.30. The maximum Gasteiger partial charge on any atom is -0.0289 e. The lowest BCUT2D eigenvalue weighted by Gasteiger charge is -2.65. The Balaban J connectivity index is 1.93. The molecular weight excluding hydrogens is 192 g/mol. The largest absolute Gasteiger partial charge is 0.0651 e. The Bertz CT molecular complexity index is 240. The molecule has 4 rings (SSSR count). The number of rotatable bonds is 3. The lowest BCUT2D eigenvalue weighted by Crippen LogP contribution is -2.55. The molecule has 0 heterocycles. The Morgan fingerprint density at radius 1 is 0.812 bits per heavy atom. The third-order valence-electron chi connectivity index (χ3n) is 6.71. The molecule has 0 heteroatoms. The minimum Gasteiger partial charge on any atom is -0.0651 e. The second kappa shape index (κ2) is 3.50. The quantitative estimate of drug-likeness (QED) is 0.626. The average molecular weight is 220 g/mol. The van der Waals surface area contributed by atoms with Crippen molar-refractivity contribution < 1.29 is 0 Å². The monoisotopic (exact) mass is 220 g/mol. The fourth-order valence-electron chi connectivity index (χ4n) is 6.10. The van der Waals surface area contributed by atoms with Crippen molar-refractivity contribution in [3.63, 3.8) is 0 Å². The van der Waals surface area contributed by atoms with Gasteiger partial charge in [-0.3, -0.25) is 0 Å². The maximum absolute atomic E-state index is 2.46. The summed E-state index contributed by atoms with van der Waals surface area (Å²) < 4.78 is 0. The lowest BCUT2D eigenvalue weighted by atomic mass is 9.40. The molecule has 4 saturated carbocycles. The predicted molar refractivity (Wildman–Crippen MR) is 69.3 cm³/mol. The molecule has 4 aliphatic carbocycles. The summed E-state index contributed by atoms with van der Waals surface area (Å²) >= 11 is 0. The Hall–Kier alpha value is 0. The summed E-state index contributed by atoms with van der Waals surface area (Å²) in [6.45, 7) is 7.35. The van der Waals surface area contributed by atoms with E-state index in [9.17, 15) is 0 Å². The van der Waals surface area contributed by atoms with Gasteiger partial charge in [0.15, 0.2) is 0 Å². The van der Waals surface area contributed by atoms with Crippen LogP contribution in [-0.4, -0.2) is 0 Å². The third kappa shape index (κ3) is 1.34. The van der Waals surface area contributed by atoms with Crippen LogP contribution in [0.25, 0.3) is 0 Å². The molecule has 4 bridgehead atoms. The fourth-order valence-corrected chi connectivity index (χ4v) is 6.10. The van der Waals surface area contributed by atoms with E-state index in [1.54, 1.807) is 32.1 Å². The molecule has 0 aliphatic heterocycles. The van der Waals surface area contributed by atoms with Crippen molar-refractivity contribution in [3.8, 4) is 0 Å². The van der Waals surface area contributed by atoms with Gasteiger partial charge in [-0.05, 0) is 60.7 Å². The van der Waals surface area contributed by atoms with Crippen LogP contribution in [0, 0.1) is 28.6 Å². The zero-order valence-electron chi connectivity index (χ0n) is 11.4. The summed E-state index contributed by atoms with van der Waals surface area (Å²) in [6, 6.07) is 0. The average Bonchev–Trinajstić information content (AvgIpc) is 2.28. The standard InChI is InChI=1S/C16H28/c1-4-14-12-7-15(5-2)8-13(14)10-16(6-3,9-12)11-15/h12-14H,4-11H2,1-3H3. The first-order chi connectivity index (χ1) is 7.66. The van der Waals surface area contributed by atoms with Gasteiger partial charge in [0, 0.05) is 0 Å². The fraction of sp³-hybridized carbons (Fsp3) is 1.00. The van der Waals surface area contributed by atoms with Crippen molar-refractivity contribution in [1.82, 2.24) is 0 Å². The van der Waals surface area contributed by atoms with Gasteiger partial charge in [-0.2, -0.15) is 0 Å². The van der Waals surface area contributed by atoms with Crippen molar-refractivity contribution >= 4 is 0 Å². The Labute approximate surface area is 101 Å². The molecule has 0 atom stereocenters. The van der Waals surface area contributed by atoms with Gasteiger partial charge in [-0.25, -0.2) is 0 Å². The van der Waals surface area contributed by atoms with Crippen LogP contribution in [0.2, 0.25) is 0 Å². The van der Waals surface area contributed by atoms with E-state index in [1.165, 1.54) is 19.3 Å². The van der Waals surface area contributed by atoms with Gasteiger partial charge in [-0.1, -0.05) is 40.0 Å². The second-order valence-electron chi connectivity index (χ2n) is 7.29. The molecule has 0 spiro atoms. The van der Waals surface area contributed by atoms with Crippen LogP contribution in [0.3, 0.4) is 0 Å². The molecule has 0 nitrogen and oxygen atoms in total. The summed E-state index contributed by atoms with van der Waals surface area (Å²) in [5, 5.41) is 0. The molecule has 92 valence electrons. The number of hydrogen-bond acceptors (Lipinski definition) is 0. The highest BCUT2D eigenvalue weighted by molar-refractivity contribution is 5.09. The van der Waals surface area contributed by atoms with E-state index < -0.39 is 0 Å². The Kier molecular flexibility index (Phi) is 2.43. The first kappa shape index (κ1) is 11.1. The predicted octanol–water partition coefficient (Wildman–Crippen LogP) is 5.03. The molecule has 0 amide bonds. The molecule has 0 unspecified atom stereocenters. The van der Waals surface area contributed by atoms with Crippen LogP contribution in [0.5, 0.6) is 0 Å². The van der Waals surface area contributed by atoms with Crippen molar-refractivity contribution in [3.05, 3.63) is 0 Å². The van der Waals surface area contributed by atoms with E-state index in [2.05, 4.69) is 20.8 Å². The zero-order chi connectivity index (χ0) is 11.4. The Morgan fingerprint density at radius 3 is 1.56 bits per heavy atom. The van der Waals surface area contributed by atoms with Gasteiger partial charge in [0.2, 0.25) is 0 Å². The van der Waals surface area contributed by atoms with E-state index in [0.29, 0.717) is 0 Å². The first-order valence-corrected chi connectivity index (χ1v) is 7.66. The smallest absolute Gasteiger partial charge is 0.0289 e. The maximum atomic E-state index is 2.46. The first-order valence-electron chi connectivity index (χ1n) is 7.66.